The van der Waals surface area contributed by atoms with Crippen molar-refractivity contribution >= 4 is 137 Å². The molecule has 0 saturated carbocycles. The minimum Gasteiger partial charge on any atom is -1.00 e. The Morgan fingerprint density at radius 2 is 0.739 bits per heavy atom. The molecule has 0 unspecified atom stereocenters. The summed E-state index contributed by atoms with van der Waals surface area (Å²) in [5, 5.41) is 34.5. The van der Waals surface area contributed by atoms with E-state index in [1.54, 1.807) is 0 Å². The molecule has 0 spiro atoms. The Morgan fingerprint density at radius 1 is 0.565 bits per heavy atom. The molecule has 0 aliphatic carbocycles. The molecule has 0 bridgehead atoms. The van der Waals surface area contributed by atoms with Crippen LogP contribution in [0.1, 0.15) is 8.56 Å². The summed E-state index contributed by atoms with van der Waals surface area (Å²) >= 11 is 0. The van der Waals surface area contributed by atoms with Gasteiger partial charge in [0, 0.05) is 13.1 Å². The maximum absolute atomic E-state index is 10.6. The van der Waals surface area contributed by atoms with Crippen molar-refractivity contribution in [2.24, 2.45) is 0 Å². The Bertz CT molecular complexity index is 350. The number of carboxylic acid groups (broad SMARTS) is 4. The minimum atomic E-state index is -1.23. The topological polar surface area (TPSA) is 156 Å². The Morgan fingerprint density at radius 3 is 0.870 bits per heavy atom. The number of carbonyl (C=O) groups is 4. The van der Waals surface area contributed by atoms with E-state index >= 15 is 0 Å². The van der Waals surface area contributed by atoms with Crippen LogP contribution in [-0.2, 0) is 19.2 Å². The average Bonchev–Trinajstić information content (AvgIpc) is 2.22. The zero-order chi connectivity index (χ0) is 15.7. The number of rotatable bonds is 11. The molecule has 23 heavy (non-hydrogen) atoms. The smallest absolute Gasteiger partial charge is 1.00 e. The Labute approximate surface area is 231 Å². The van der Waals surface area contributed by atoms with E-state index in [1.807, 2.05) is 0 Å². The van der Waals surface area contributed by atoms with E-state index in [-0.39, 0.29) is 135 Å². The van der Waals surface area contributed by atoms with Crippen LogP contribution in [0.15, 0.2) is 0 Å². The van der Waals surface area contributed by atoms with E-state index in [1.165, 1.54) is 0 Å². The second-order valence-electron chi connectivity index (χ2n) is 4.00. The van der Waals surface area contributed by atoms with Gasteiger partial charge in [-0.3, -0.25) is 29.0 Å². The fourth-order valence-corrected chi connectivity index (χ4v) is 1.48. The van der Waals surface area contributed by atoms with Crippen molar-refractivity contribution in [2.75, 3.05) is 39.3 Å². The molecule has 0 fully saturated rings. The minimum absolute atomic E-state index is 0. The van der Waals surface area contributed by atoms with E-state index in [0.717, 1.165) is 9.80 Å². The van der Waals surface area contributed by atoms with E-state index in [2.05, 4.69) is 0 Å². The van der Waals surface area contributed by atoms with Gasteiger partial charge in [-0.2, -0.15) is 0 Å². The summed E-state index contributed by atoms with van der Waals surface area (Å²) in [6, 6.07) is 0. The molecule has 10 nitrogen and oxygen atoms in total. The monoisotopic (exact) mass is 418 g/mol. The van der Waals surface area contributed by atoms with Gasteiger partial charge in [-0.1, -0.05) is 0 Å². The van der Waals surface area contributed by atoms with Crippen LogP contribution in [0.3, 0.4) is 0 Å². The molecule has 0 atom stereocenters. The van der Waals surface area contributed by atoms with Crippen LogP contribution in [0.5, 0.6) is 0 Å². The maximum atomic E-state index is 10.6. The van der Waals surface area contributed by atoms with Crippen molar-refractivity contribution in [3.05, 3.63) is 0 Å². The van der Waals surface area contributed by atoms with Gasteiger partial charge in [0.1, 0.15) is 0 Å². The van der Waals surface area contributed by atoms with Crippen LogP contribution >= 0.6 is 0 Å². The molecule has 4 N–H and O–H groups in total. The maximum Gasteiger partial charge on any atom is 2.00 e. The third-order valence-corrected chi connectivity index (χ3v) is 2.17. The van der Waals surface area contributed by atoms with Gasteiger partial charge in [0.05, 0.1) is 26.2 Å². The van der Waals surface area contributed by atoms with Crippen molar-refractivity contribution in [3.63, 3.8) is 0 Å². The molecular formula is C10H22Ca3N2O8. The summed E-state index contributed by atoms with van der Waals surface area (Å²) in [7, 11) is 0. The molecule has 0 aromatic carbocycles. The first kappa shape index (κ1) is 32.3. The first-order valence-corrected chi connectivity index (χ1v) is 5.52. The summed E-state index contributed by atoms with van der Waals surface area (Å²) in [5.74, 6) is -4.91. The summed E-state index contributed by atoms with van der Waals surface area (Å²) in [6.07, 6.45) is 0. The number of hydrogen-bond donors (Lipinski definition) is 4. The molecule has 0 heterocycles. The van der Waals surface area contributed by atoms with E-state index < -0.39 is 50.1 Å². The normalized spacial score (nSPS) is 9.30. The molecule has 0 aliphatic rings. The Kier molecular flexibility index (Phi) is 25.8. The molecule has 126 valence electrons. The van der Waals surface area contributed by atoms with Gasteiger partial charge in [0.2, 0.25) is 0 Å². The van der Waals surface area contributed by atoms with Crippen molar-refractivity contribution in [2.45, 2.75) is 0 Å². The molecule has 0 aliphatic heterocycles. The van der Waals surface area contributed by atoms with Crippen LogP contribution in [0.25, 0.3) is 0 Å². The molecular weight excluding hydrogens is 396 g/mol. The van der Waals surface area contributed by atoms with Gasteiger partial charge in [0.25, 0.3) is 0 Å². The van der Waals surface area contributed by atoms with Gasteiger partial charge >= 0.3 is 137 Å². The first-order valence-electron chi connectivity index (χ1n) is 5.52. The molecule has 0 radical (unpaired) electrons. The first-order chi connectivity index (χ1) is 9.20. The van der Waals surface area contributed by atoms with Crippen LogP contribution in [0, 0.1) is 0 Å². The standard InChI is InChI=1S/C10H16N2O8.3Ca.6H/c13-7(14)3-11(4-8(15)16)1-2-12(5-9(17)18)6-10(19)20;;;;;;;;;/h1-6H2,(H,13,14)(H,15,16)(H,17,18)(H,19,20);;;;;;;;;/q;3*+2;6*-1. The molecule has 0 rings (SSSR count). The van der Waals surface area contributed by atoms with Crippen molar-refractivity contribution in [1.82, 2.24) is 9.80 Å². The number of carboxylic acids is 4. The summed E-state index contributed by atoms with van der Waals surface area (Å²) in [6.45, 7) is -2.25. The molecule has 0 amide bonds. The van der Waals surface area contributed by atoms with Crippen molar-refractivity contribution in [1.29, 1.82) is 0 Å². The fourth-order valence-electron chi connectivity index (χ4n) is 1.48. The second-order valence-corrected chi connectivity index (χ2v) is 4.00. The fraction of sp³-hybridized carbons (Fsp3) is 0.600. The van der Waals surface area contributed by atoms with Crippen LogP contribution < -0.4 is 0 Å². The molecule has 13 heteroatoms. The second kappa shape index (κ2) is 18.4. The number of nitrogens with zero attached hydrogens (tertiary/aromatic N) is 2. The van der Waals surface area contributed by atoms with Gasteiger partial charge in [-0.15, -0.1) is 0 Å². The van der Waals surface area contributed by atoms with E-state index in [0.29, 0.717) is 0 Å². The zero-order valence-corrected chi connectivity index (χ0v) is 19.3. The van der Waals surface area contributed by atoms with E-state index in [9.17, 15) is 19.2 Å². The predicted octanol–water partition coefficient (Wildman–Crippen LogP) is -2.54. The molecule has 0 saturated heterocycles. The Balaban J connectivity index is -0.0000000501. The Hall–Kier alpha value is 1.58. The predicted molar refractivity (Wildman–Crippen MR) is 87.4 cm³/mol. The van der Waals surface area contributed by atoms with Gasteiger partial charge < -0.3 is 29.0 Å². The van der Waals surface area contributed by atoms with Crippen molar-refractivity contribution < 1.29 is 48.2 Å². The van der Waals surface area contributed by atoms with Crippen LogP contribution in [0.4, 0.5) is 0 Å². The van der Waals surface area contributed by atoms with Crippen molar-refractivity contribution in [3.8, 4) is 0 Å². The van der Waals surface area contributed by atoms with Crippen LogP contribution in [-0.4, -0.2) is 207 Å². The number of hydrogen-bond acceptors (Lipinski definition) is 6. The van der Waals surface area contributed by atoms with Crippen LogP contribution in [0.2, 0.25) is 0 Å². The summed E-state index contributed by atoms with van der Waals surface area (Å²) in [4.78, 5) is 44.4. The molecule has 0 aromatic heterocycles. The summed E-state index contributed by atoms with van der Waals surface area (Å²) in [5.41, 5.74) is 0. The van der Waals surface area contributed by atoms with E-state index in [4.69, 9.17) is 20.4 Å². The quantitative estimate of drug-likeness (QED) is 0.264. The van der Waals surface area contributed by atoms with Gasteiger partial charge in [-0.05, 0) is 0 Å². The van der Waals surface area contributed by atoms with Gasteiger partial charge in [-0.25, -0.2) is 0 Å². The average molecular weight is 419 g/mol. The summed E-state index contributed by atoms with van der Waals surface area (Å²) < 4.78 is 0. The largest absolute Gasteiger partial charge is 2.00 e. The van der Waals surface area contributed by atoms with Gasteiger partial charge in [0.15, 0.2) is 0 Å². The zero-order valence-electron chi connectivity index (χ0n) is 18.7. The SMILES string of the molecule is O=C(O)CN(CCN(CC(=O)O)CC(=O)O)CC(=O)O.[Ca+2].[Ca+2].[Ca+2].[H-].[H-].[H-].[H-].[H-].[H-]. The third-order valence-electron chi connectivity index (χ3n) is 2.17. The molecule has 0 aromatic rings. The number of aliphatic carboxylic acids is 4. The third kappa shape index (κ3) is 21.5.